The van der Waals surface area contributed by atoms with Gasteiger partial charge in [-0.2, -0.15) is 0 Å². The number of hydrogen-bond acceptors (Lipinski definition) is 7. The van der Waals surface area contributed by atoms with Gasteiger partial charge >= 0.3 is 5.97 Å². The van der Waals surface area contributed by atoms with Gasteiger partial charge in [0.2, 0.25) is 11.8 Å². The van der Waals surface area contributed by atoms with Gasteiger partial charge in [0.05, 0.1) is 24.4 Å². The maximum atomic E-state index is 12.5. The highest BCUT2D eigenvalue weighted by atomic mass is 32.2. The molecule has 4 atom stereocenters. The number of aliphatic hydroxyl groups excluding tert-OH is 1. The van der Waals surface area contributed by atoms with Crippen LogP contribution in [0.4, 0.5) is 0 Å². The van der Waals surface area contributed by atoms with Crippen LogP contribution in [0.1, 0.15) is 84.5 Å². The molecule has 1 saturated heterocycles. The lowest BCUT2D eigenvalue weighted by atomic mass is 9.91. The SMILES string of the molecule is CC(=O)NCCCCCC(=O)NCc1cccc(-c2cccc([C@H]3O[C@@H](CSc4ccc(C(=O)O)cc4)[C@@H](C)[C@@H](c4ccc(CO)cc4)O3)c2)c1. The van der Waals surface area contributed by atoms with E-state index in [1.165, 1.54) is 6.92 Å². The molecule has 51 heavy (non-hydrogen) atoms. The van der Waals surface area contributed by atoms with Crippen LogP contribution in [-0.4, -0.2) is 46.4 Å². The van der Waals surface area contributed by atoms with E-state index in [1.54, 1.807) is 23.9 Å². The molecule has 0 unspecified atom stereocenters. The Morgan fingerprint density at radius 3 is 2.22 bits per heavy atom. The van der Waals surface area contributed by atoms with Gasteiger partial charge < -0.3 is 30.3 Å². The summed E-state index contributed by atoms with van der Waals surface area (Å²) in [5.41, 5.74) is 5.98. The average Bonchev–Trinajstić information content (AvgIpc) is 3.15. The second kappa shape index (κ2) is 18.7. The average molecular weight is 711 g/mol. The molecule has 9 nitrogen and oxygen atoms in total. The zero-order valence-corrected chi connectivity index (χ0v) is 29.9. The van der Waals surface area contributed by atoms with Crippen LogP contribution in [0, 0.1) is 5.92 Å². The normalized spacial score (nSPS) is 18.6. The molecule has 268 valence electrons. The largest absolute Gasteiger partial charge is 0.478 e. The Morgan fingerprint density at radius 1 is 0.784 bits per heavy atom. The van der Waals surface area contributed by atoms with Crippen molar-refractivity contribution in [1.82, 2.24) is 10.6 Å². The minimum Gasteiger partial charge on any atom is -0.478 e. The summed E-state index contributed by atoms with van der Waals surface area (Å²) in [6, 6.07) is 30.9. The first kappa shape index (κ1) is 37.8. The van der Waals surface area contributed by atoms with Crippen molar-refractivity contribution in [2.24, 2.45) is 5.92 Å². The maximum Gasteiger partial charge on any atom is 0.335 e. The molecule has 5 rings (SSSR count). The summed E-state index contributed by atoms with van der Waals surface area (Å²) < 4.78 is 13.4. The van der Waals surface area contributed by atoms with Crippen molar-refractivity contribution in [2.75, 3.05) is 12.3 Å². The summed E-state index contributed by atoms with van der Waals surface area (Å²) in [4.78, 5) is 35.7. The van der Waals surface area contributed by atoms with Crippen molar-refractivity contribution in [3.05, 3.63) is 125 Å². The highest BCUT2D eigenvalue weighted by Crippen LogP contribution is 2.43. The molecule has 0 bridgehead atoms. The van der Waals surface area contributed by atoms with Crippen molar-refractivity contribution >= 4 is 29.5 Å². The number of carboxylic acid groups (broad SMARTS) is 1. The van der Waals surface area contributed by atoms with E-state index in [1.807, 2.05) is 72.8 Å². The van der Waals surface area contributed by atoms with Crippen LogP contribution in [0.15, 0.2) is 102 Å². The predicted molar refractivity (Wildman–Crippen MR) is 198 cm³/mol. The lowest BCUT2D eigenvalue weighted by Gasteiger charge is -2.41. The summed E-state index contributed by atoms with van der Waals surface area (Å²) in [6.45, 7) is 4.65. The molecule has 0 saturated carbocycles. The van der Waals surface area contributed by atoms with Crippen LogP contribution in [-0.2, 0) is 32.2 Å². The first-order valence-corrected chi connectivity index (χ1v) is 18.4. The van der Waals surface area contributed by atoms with Crippen LogP contribution in [0.5, 0.6) is 0 Å². The Labute approximate surface area is 303 Å². The van der Waals surface area contributed by atoms with Gasteiger partial charge in [0.1, 0.15) is 0 Å². The Bertz CT molecular complexity index is 1760. The second-order valence-electron chi connectivity index (χ2n) is 12.9. The zero-order valence-electron chi connectivity index (χ0n) is 29.0. The lowest BCUT2D eigenvalue weighted by Crippen LogP contribution is -2.38. The number of rotatable bonds is 16. The van der Waals surface area contributed by atoms with Crippen LogP contribution >= 0.6 is 11.8 Å². The summed E-state index contributed by atoms with van der Waals surface area (Å²) in [7, 11) is 0. The van der Waals surface area contributed by atoms with Gasteiger partial charge in [-0.3, -0.25) is 9.59 Å². The Morgan fingerprint density at radius 2 is 1.51 bits per heavy atom. The van der Waals surface area contributed by atoms with Crippen molar-refractivity contribution in [3.63, 3.8) is 0 Å². The fourth-order valence-electron chi connectivity index (χ4n) is 6.05. The van der Waals surface area contributed by atoms with Gasteiger partial charge in [-0.25, -0.2) is 4.79 Å². The quantitative estimate of drug-likeness (QED) is 0.0697. The van der Waals surface area contributed by atoms with Gasteiger partial charge in [0.15, 0.2) is 6.29 Å². The van der Waals surface area contributed by atoms with E-state index in [9.17, 15) is 24.6 Å². The topological polar surface area (TPSA) is 134 Å². The molecule has 1 heterocycles. The van der Waals surface area contributed by atoms with Gasteiger partial charge in [-0.15, -0.1) is 11.8 Å². The summed E-state index contributed by atoms with van der Waals surface area (Å²) in [5, 5.41) is 24.7. The minimum absolute atomic E-state index is 0.00540. The first-order valence-electron chi connectivity index (χ1n) is 17.4. The van der Waals surface area contributed by atoms with Crippen LogP contribution in [0.3, 0.4) is 0 Å². The molecule has 4 N–H and O–H groups in total. The van der Waals surface area contributed by atoms with E-state index in [4.69, 9.17) is 9.47 Å². The molecule has 1 aliphatic heterocycles. The van der Waals surface area contributed by atoms with E-state index in [2.05, 4.69) is 29.7 Å². The first-order chi connectivity index (χ1) is 24.7. The van der Waals surface area contributed by atoms with Gasteiger partial charge in [0, 0.05) is 48.6 Å². The smallest absolute Gasteiger partial charge is 0.335 e. The molecule has 0 spiro atoms. The van der Waals surface area contributed by atoms with Crippen LogP contribution in [0.2, 0.25) is 0 Å². The molecule has 1 aliphatic rings. The fourth-order valence-corrected chi connectivity index (χ4v) is 7.12. The van der Waals surface area contributed by atoms with Crippen LogP contribution < -0.4 is 10.6 Å². The van der Waals surface area contributed by atoms with E-state index in [0.29, 0.717) is 25.3 Å². The Kier molecular flexibility index (Phi) is 13.8. The highest BCUT2D eigenvalue weighted by Gasteiger charge is 2.38. The summed E-state index contributed by atoms with van der Waals surface area (Å²) in [5.74, 6) is -0.334. The molecule has 4 aromatic rings. The minimum atomic E-state index is -0.953. The monoisotopic (exact) mass is 710 g/mol. The molecule has 10 heteroatoms. The van der Waals surface area contributed by atoms with Gasteiger partial charge in [-0.05, 0) is 77.1 Å². The number of aliphatic hydroxyl groups is 1. The highest BCUT2D eigenvalue weighted by molar-refractivity contribution is 7.99. The predicted octanol–water partition coefficient (Wildman–Crippen LogP) is 7.44. The van der Waals surface area contributed by atoms with Gasteiger partial charge in [0.25, 0.3) is 0 Å². The number of amides is 2. The molecule has 0 radical (unpaired) electrons. The standard InChI is InChI=1S/C41H46N2O7S/c1-27-37(26-51-36-19-17-32(18-20-36)40(47)48)49-41(50-39(27)31-15-13-29(25-44)14-16-31)35-11-7-10-34(23-35)33-9-6-8-30(22-33)24-43-38(46)12-4-3-5-21-42-28(2)45/h6-11,13-20,22-23,27,37,39,41,44H,3-5,12,21,24-26H2,1-2H3,(H,42,45)(H,43,46)(H,47,48)/t27-,37+,39+,41+/m1/s1. The van der Waals surface area contributed by atoms with Crippen molar-refractivity contribution in [3.8, 4) is 11.1 Å². The second-order valence-corrected chi connectivity index (χ2v) is 14.0. The molecule has 1 fully saturated rings. The van der Waals surface area contributed by atoms with Crippen molar-refractivity contribution < 1.29 is 34.1 Å². The number of aromatic carboxylic acids is 1. The number of carbonyl (C=O) groups is 3. The summed E-state index contributed by atoms with van der Waals surface area (Å²) >= 11 is 1.62. The molecule has 2 amide bonds. The third-order valence-electron chi connectivity index (χ3n) is 9.00. The molecule has 4 aromatic carbocycles. The lowest BCUT2D eigenvalue weighted by molar-refractivity contribution is -0.268. The van der Waals surface area contributed by atoms with Crippen LogP contribution in [0.25, 0.3) is 11.1 Å². The number of benzene rings is 4. The van der Waals surface area contributed by atoms with E-state index in [0.717, 1.165) is 57.5 Å². The number of carbonyl (C=O) groups excluding carboxylic acids is 2. The number of carboxylic acids is 1. The number of hydrogen-bond donors (Lipinski definition) is 4. The summed E-state index contributed by atoms with van der Waals surface area (Å²) in [6.07, 6.45) is 1.89. The molecular weight excluding hydrogens is 665 g/mol. The van der Waals surface area contributed by atoms with Crippen molar-refractivity contribution in [1.29, 1.82) is 0 Å². The van der Waals surface area contributed by atoms with Crippen molar-refractivity contribution in [2.45, 2.75) is 76.1 Å². The third-order valence-corrected chi connectivity index (χ3v) is 10.1. The molecule has 0 aliphatic carbocycles. The Hall–Kier alpha value is -4.48. The van der Waals surface area contributed by atoms with Gasteiger partial charge in [-0.1, -0.05) is 74.0 Å². The number of nitrogens with one attached hydrogen (secondary N) is 2. The molecule has 0 aromatic heterocycles. The third kappa shape index (κ3) is 11.0. The maximum absolute atomic E-state index is 12.5. The number of thioether (sulfide) groups is 1. The van der Waals surface area contributed by atoms with E-state index in [-0.39, 0.29) is 42.1 Å². The van der Waals surface area contributed by atoms with E-state index < -0.39 is 12.3 Å². The van der Waals surface area contributed by atoms with E-state index >= 15 is 0 Å². The number of ether oxygens (including phenoxy) is 2. The Balaban J connectivity index is 1.27. The zero-order chi connectivity index (χ0) is 36.2. The molecular formula is C41H46N2O7S. The fraction of sp³-hybridized carbons (Fsp3) is 0.341. The number of unbranched alkanes of at least 4 members (excludes halogenated alkanes) is 2.